The van der Waals surface area contributed by atoms with Gasteiger partial charge in [-0.15, -0.1) is 0 Å². The highest BCUT2D eigenvalue weighted by Crippen LogP contribution is 2.29. The van der Waals surface area contributed by atoms with E-state index in [4.69, 9.17) is 0 Å². The number of carbonyl (C=O) groups excluding carboxylic acids is 1. The first-order chi connectivity index (χ1) is 7.59. The average molecular weight is 217 g/mol. The lowest BCUT2D eigenvalue weighted by Gasteiger charge is -2.31. The molecule has 1 aliphatic rings. The molecule has 0 spiro atoms. The van der Waals surface area contributed by atoms with Gasteiger partial charge in [0.2, 0.25) is 5.91 Å². The molecule has 1 aromatic carbocycles. The third-order valence-electron chi connectivity index (χ3n) is 3.12. The first-order valence-electron chi connectivity index (χ1n) is 6.00. The van der Waals surface area contributed by atoms with E-state index < -0.39 is 0 Å². The van der Waals surface area contributed by atoms with Gasteiger partial charge in [0.25, 0.3) is 0 Å². The summed E-state index contributed by atoms with van der Waals surface area (Å²) in [7, 11) is 0. The zero-order valence-electron chi connectivity index (χ0n) is 10.3. The Hall–Kier alpha value is -1.31. The fourth-order valence-corrected chi connectivity index (χ4v) is 2.23. The van der Waals surface area contributed by atoms with E-state index in [9.17, 15) is 4.79 Å². The molecule has 1 aliphatic heterocycles. The lowest BCUT2D eigenvalue weighted by Crippen LogP contribution is -2.38. The summed E-state index contributed by atoms with van der Waals surface area (Å²) in [5.74, 6) is 0.318. The maximum Gasteiger partial charge on any atom is 0.229 e. The molecule has 0 aromatic heterocycles. The molecule has 86 valence electrons. The molecule has 0 atom stereocenters. The van der Waals surface area contributed by atoms with Crippen LogP contribution in [0.1, 0.15) is 31.4 Å². The fraction of sp³-hybridized carbons (Fsp3) is 0.500. The molecule has 2 rings (SSSR count). The van der Waals surface area contributed by atoms with Crippen LogP contribution in [-0.2, 0) is 11.2 Å². The van der Waals surface area contributed by atoms with Crippen molar-refractivity contribution in [1.82, 2.24) is 0 Å². The number of carbonyl (C=O) groups is 1. The van der Waals surface area contributed by atoms with E-state index in [1.54, 1.807) is 0 Å². The van der Waals surface area contributed by atoms with Gasteiger partial charge in [0, 0.05) is 18.2 Å². The maximum atomic E-state index is 12.1. The third-order valence-corrected chi connectivity index (χ3v) is 3.12. The molecule has 0 saturated carbocycles. The summed E-state index contributed by atoms with van der Waals surface area (Å²) in [5.41, 5.74) is 3.66. The summed E-state index contributed by atoms with van der Waals surface area (Å²) in [6.07, 6.45) is 2.17. The monoisotopic (exact) mass is 217 g/mol. The van der Waals surface area contributed by atoms with Gasteiger partial charge in [-0.3, -0.25) is 4.79 Å². The highest BCUT2D eigenvalue weighted by molar-refractivity contribution is 5.95. The Morgan fingerprint density at radius 3 is 2.81 bits per heavy atom. The van der Waals surface area contributed by atoms with Crippen LogP contribution in [0.2, 0.25) is 0 Å². The van der Waals surface area contributed by atoms with Crippen LogP contribution in [0.15, 0.2) is 18.2 Å². The summed E-state index contributed by atoms with van der Waals surface area (Å²) < 4.78 is 0. The van der Waals surface area contributed by atoms with E-state index in [0.717, 1.165) is 25.1 Å². The molecule has 0 radical (unpaired) electrons. The Labute approximate surface area is 97.3 Å². The molecule has 16 heavy (non-hydrogen) atoms. The molecule has 0 unspecified atom stereocenters. The number of hydrogen-bond acceptors (Lipinski definition) is 1. The van der Waals surface area contributed by atoms with Crippen LogP contribution in [0.5, 0.6) is 0 Å². The van der Waals surface area contributed by atoms with E-state index in [1.807, 2.05) is 18.7 Å². The second-order valence-corrected chi connectivity index (χ2v) is 4.88. The highest BCUT2D eigenvalue weighted by atomic mass is 16.2. The summed E-state index contributed by atoms with van der Waals surface area (Å²) in [5, 5.41) is 0. The third kappa shape index (κ3) is 1.97. The minimum atomic E-state index is 0.0754. The van der Waals surface area contributed by atoms with E-state index >= 15 is 0 Å². The van der Waals surface area contributed by atoms with Crippen molar-refractivity contribution in [2.45, 2.75) is 33.6 Å². The van der Waals surface area contributed by atoms with Gasteiger partial charge < -0.3 is 4.90 Å². The van der Waals surface area contributed by atoms with Gasteiger partial charge in [-0.1, -0.05) is 26.0 Å². The van der Waals surface area contributed by atoms with Crippen LogP contribution in [-0.4, -0.2) is 12.5 Å². The number of amides is 1. The molecule has 0 saturated heterocycles. The van der Waals surface area contributed by atoms with E-state index in [1.165, 1.54) is 11.1 Å². The molecule has 2 heteroatoms. The van der Waals surface area contributed by atoms with Crippen molar-refractivity contribution in [2.75, 3.05) is 11.4 Å². The SMILES string of the molecule is Cc1ccc2c(c1)N(C(=O)C(C)C)CCC2. The molecule has 0 N–H and O–H groups in total. The second kappa shape index (κ2) is 4.28. The molecule has 1 amide bonds. The van der Waals surface area contributed by atoms with Gasteiger partial charge in [0.1, 0.15) is 0 Å². The Morgan fingerprint density at radius 1 is 1.38 bits per heavy atom. The number of aryl methyl sites for hydroxylation is 2. The summed E-state index contributed by atoms with van der Waals surface area (Å²) in [4.78, 5) is 14.1. The first-order valence-corrected chi connectivity index (χ1v) is 6.00. The molecule has 1 heterocycles. The van der Waals surface area contributed by atoms with Gasteiger partial charge >= 0.3 is 0 Å². The normalized spacial score (nSPS) is 15.1. The van der Waals surface area contributed by atoms with Crippen molar-refractivity contribution in [3.8, 4) is 0 Å². The van der Waals surface area contributed by atoms with Gasteiger partial charge in [-0.2, -0.15) is 0 Å². The summed E-state index contributed by atoms with van der Waals surface area (Å²) in [6.45, 7) is 6.87. The van der Waals surface area contributed by atoms with Gasteiger partial charge in [-0.05, 0) is 37.0 Å². The predicted octanol–water partition coefficient (Wildman–Crippen LogP) is 2.93. The standard InChI is InChI=1S/C14H19NO/c1-10(2)14(16)15-8-4-5-12-7-6-11(3)9-13(12)15/h6-7,9-10H,4-5,8H2,1-3H3. The van der Waals surface area contributed by atoms with Gasteiger partial charge in [-0.25, -0.2) is 0 Å². The Morgan fingerprint density at radius 2 is 2.12 bits per heavy atom. The maximum absolute atomic E-state index is 12.1. The fourth-order valence-electron chi connectivity index (χ4n) is 2.23. The molecular weight excluding hydrogens is 198 g/mol. The average Bonchev–Trinajstić information content (AvgIpc) is 2.27. The van der Waals surface area contributed by atoms with Crippen LogP contribution in [0, 0.1) is 12.8 Å². The first kappa shape index (κ1) is 11.2. The minimum Gasteiger partial charge on any atom is -0.312 e. The van der Waals surface area contributed by atoms with Crippen LogP contribution in [0.25, 0.3) is 0 Å². The van der Waals surface area contributed by atoms with Crippen molar-refractivity contribution < 1.29 is 4.79 Å². The van der Waals surface area contributed by atoms with E-state index in [0.29, 0.717) is 0 Å². The Balaban J connectivity index is 2.39. The number of anilines is 1. The Bertz CT molecular complexity index is 409. The smallest absolute Gasteiger partial charge is 0.229 e. The minimum absolute atomic E-state index is 0.0754. The lowest BCUT2D eigenvalue weighted by atomic mass is 9.98. The van der Waals surface area contributed by atoms with Crippen molar-refractivity contribution in [1.29, 1.82) is 0 Å². The topological polar surface area (TPSA) is 20.3 Å². The number of rotatable bonds is 1. The zero-order valence-corrected chi connectivity index (χ0v) is 10.3. The molecule has 2 nitrogen and oxygen atoms in total. The number of fused-ring (bicyclic) bond motifs is 1. The van der Waals surface area contributed by atoms with E-state index in [-0.39, 0.29) is 11.8 Å². The van der Waals surface area contributed by atoms with E-state index in [2.05, 4.69) is 25.1 Å². The largest absolute Gasteiger partial charge is 0.312 e. The predicted molar refractivity (Wildman–Crippen MR) is 66.7 cm³/mol. The molecule has 0 bridgehead atoms. The van der Waals surface area contributed by atoms with Crippen molar-refractivity contribution in [3.05, 3.63) is 29.3 Å². The molecule has 1 aromatic rings. The lowest BCUT2D eigenvalue weighted by molar-refractivity contribution is -0.121. The number of hydrogen-bond donors (Lipinski definition) is 0. The molecule has 0 fully saturated rings. The highest BCUT2D eigenvalue weighted by Gasteiger charge is 2.23. The summed E-state index contributed by atoms with van der Waals surface area (Å²) >= 11 is 0. The van der Waals surface area contributed by atoms with Crippen molar-refractivity contribution >= 4 is 11.6 Å². The second-order valence-electron chi connectivity index (χ2n) is 4.88. The molecular formula is C14H19NO. The zero-order chi connectivity index (χ0) is 11.7. The van der Waals surface area contributed by atoms with Crippen molar-refractivity contribution in [3.63, 3.8) is 0 Å². The van der Waals surface area contributed by atoms with Gasteiger partial charge in [0.05, 0.1) is 0 Å². The van der Waals surface area contributed by atoms with Crippen LogP contribution < -0.4 is 4.90 Å². The van der Waals surface area contributed by atoms with Crippen molar-refractivity contribution in [2.24, 2.45) is 5.92 Å². The molecule has 0 aliphatic carbocycles. The van der Waals surface area contributed by atoms with Crippen LogP contribution in [0.4, 0.5) is 5.69 Å². The van der Waals surface area contributed by atoms with Crippen LogP contribution in [0.3, 0.4) is 0 Å². The number of nitrogens with zero attached hydrogens (tertiary/aromatic N) is 1. The quantitative estimate of drug-likeness (QED) is 0.708. The number of benzene rings is 1. The summed E-state index contributed by atoms with van der Waals surface area (Å²) in [6, 6.07) is 6.42. The van der Waals surface area contributed by atoms with Crippen LogP contribution >= 0.6 is 0 Å². The Kier molecular flexibility index (Phi) is 2.99. The van der Waals surface area contributed by atoms with Gasteiger partial charge in [0.15, 0.2) is 0 Å².